The van der Waals surface area contributed by atoms with Gasteiger partial charge in [-0.2, -0.15) is 0 Å². The first-order chi connectivity index (χ1) is 17.6. The second kappa shape index (κ2) is 10.8. The lowest BCUT2D eigenvalue weighted by molar-refractivity contribution is 0.102. The molecule has 0 aliphatic carbocycles. The SMILES string of the molecule is COc1ccc(-n2c(COc3ccc(Cl)cc3)nnc2SCC(=O)c2ccc3ccccc3c2)cc1. The van der Waals surface area contributed by atoms with Crippen LogP contribution in [0.1, 0.15) is 16.2 Å². The van der Waals surface area contributed by atoms with Gasteiger partial charge >= 0.3 is 0 Å². The fraction of sp³-hybridized carbons (Fsp3) is 0.107. The maximum atomic E-state index is 13.0. The number of carbonyl (C=O) groups excluding carboxylic acids is 1. The molecule has 1 heterocycles. The molecule has 180 valence electrons. The summed E-state index contributed by atoms with van der Waals surface area (Å²) in [5.74, 6) is 2.27. The Kier molecular flexibility index (Phi) is 7.21. The van der Waals surface area contributed by atoms with E-state index in [1.807, 2.05) is 71.3 Å². The lowest BCUT2D eigenvalue weighted by Crippen LogP contribution is -2.08. The Bertz CT molecular complexity index is 1500. The molecule has 0 aliphatic rings. The maximum absolute atomic E-state index is 13.0. The largest absolute Gasteiger partial charge is 0.497 e. The van der Waals surface area contributed by atoms with Gasteiger partial charge in [0.15, 0.2) is 16.8 Å². The van der Waals surface area contributed by atoms with E-state index in [2.05, 4.69) is 10.2 Å². The van der Waals surface area contributed by atoms with E-state index in [0.29, 0.717) is 27.3 Å². The Labute approximate surface area is 217 Å². The number of methoxy groups -OCH3 is 1. The fourth-order valence-corrected chi connectivity index (χ4v) is 4.72. The molecule has 4 aromatic carbocycles. The number of benzene rings is 4. The molecule has 0 fully saturated rings. The Morgan fingerprint density at radius 2 is 1.61 bits per heavy atom. The summed E-state index contributed by atoms with van der Waals surface area (Å²) in [4.78, 5) is 13.0. The van der Waals surface area contributed by atoms with E-state index in [1.165, 1.54) is 11.8 Å². The van der Waals surface area contributed by atoms with Crippen LogP contribution in [0.5, 0.6) is 11.5 Å². The summed E-state index contributed by atoms with van der Waals surface area (Å²) in [5, 5.41) is 12.1. The minimum absolute atomic E-state index is 0.0222. The molecule has 0 bridgehead atoms. The minimum atomic E-state index is 0.0222. The molecule has 36 heavy (non-hydrogen) atoms. The number of rotatable bonds is 9. The van der Waals surface area contributed by atoms with Crippen LogP contribution in [0.3, 0.4) is 0 Å². The summed E-state index contributed by atoms with van der Waals surface area (Å²) in [5.41, 5.74) is 1.51. The molecule has 5 aromatic rings. The first kappa shape index (κ1) is 23.9. The molecule has 6 nitrogen and oxygen atoms in total. The number of aromatic nitrogens is 3. The van der Waals surface area contributed by atoms with Crippen LogP contribution in [-0.4, -0.2) is 33.4 Å². The van der Waals surface area contributed by atoms with Gasteiger partial charge in [0.1, 0.15) is 18.1 Å². The van der Waals surface area contributed by atoms with E-state index < -0.39 is 0 Å². The normalized spacial score (nSPS) is 10.9. The molecule has 0 radical (unpaired) electrons. The van der Waals surface area contributed by atoms with Gasteiger partial charge in [0.2, 0.25) is 0 Å². The maximum Gasteiger partial charge on any atom is 0.196 e. The van der Waals surface area contributed by atoms with Crippen LogP contribution in [-0.2, 0) is 6.61 Å². The summed E-state index contributed by atoms with van der Waals surface area (Å²) in [7, 11) is 1.62. The molecule has 0 spiro atoms. The summed E-state index contributed by atoms with van der Waals surface area (Å²) < 4.78 is 13.1. The first-order valence-electron chi connectivity index (χ1n) is 11.2. The van der Waals surface area contributed by atoms with Crippen LogP contribution in [0, 0.1) is 0 Å². The van der Waals surface area contributed by atoms with E-state index in [1.54, 1.807) is 31.4 Å². The number of thioether (sulfide) groups is 1. The van der Waals surface area contributed by atoms with Crippen LogP contribution >= 0.6 is 23.4 Å². The van der Waals surface area contributed by atoms with E-state index in [9.17, 15) is 4.79 Å². The summed E-state index contributed by atoms with van der Waals surface area (Å²) in [6.45, 7) is 0.194. The zero-order chi connectivity index (χ0) is 24.9. The van der Waals surface area contributed by atoms with Crippen molar-refractivity contribution in [3.8, 4) is 17.2 Å². The van der Waals surface area contributed by atoms with Gasteiger partial charge in [-0.1, -0.05) is 59.8 Å². The highest BCUT2D eigenvalue weighted by molar-refractivity contribution is 7.99. The number of Topliss-reactive ketones (excluding diaryl/α,β-unsaturated/α-hetero) is 1. The number of carbonyl (C=O) groups is 1. The van der Waals surface area contributed by atoms with E-state index in [0.717, 1.165) is 22.2 Å². The third kappa shape index (κ3) is 5.37. The monoisotopic (exact) mass is 515 g/mol. The van der Waals surface area contributed by atoms with Crippen molar-refractivity contribution in [3.63, 3.8) is 0 Å². The number of hydrogen-bond acceptors (Lipinski definition) is 6. The lowest BCUT2D eigenvalue weighted by Gasteiger charge is -2.12. The van der Waals surface area contributed by atoms with Gasteiger partial charge in [0.25, 0.3) is 0 Å². The van der Waals surface area contributed by atoms with Crippen molar-refractivity contribution >= 4 is 39.9 Å². The molecule has 0 aliphatic heterocycles. The Hall–Kier alpha value is -3.81. The van der Waals surface area contributed by atoms with Gasteiger partial charge in [-0.15, -0.1) is 10.2 Å². The second-order valence-electron chi connectivity index (χ2n) is 7.95. The number of hydrogen-bond donors (Lipinski definition) is 0. The summed E-state index contributed by atoms with van der Waals surface area (Å²) in [6, 6.07) is 28.5. The molecule has 0 amide bonds. The predicted octanol–water partition coefficient (Wildman–Crippen LogP) is 6.64. The van der Waals surface area contributed by atoms with Crippen molar-refractivity contribution in [2.75, 3.05) is 12.9 Å². The molecule has 5 rings (SSSR count). The van der Waals surface area contributed by atoms with Gasteiger partial charge in [-0.3, -0.25) is 9.36 Å². The molecule has 0 saturated carbocycles. The van der Waals surface area contributed by atoms with Crippen LogP contribution in [0.15, 0.2) is 96.2 Å². The molecule has 8 heteroatoms. The number of nitrogens with zero attached hydrogens (tertiary/aromatic N) is 3. The van der Waals surface area contributed by atoms with Crippen LogP contribution in [0.25, 0.3) is 16.5 Å². The van der Waals surface area contributed by atoms with Gasteiger partial charge < -0.3 is 9.47 Å². The highest BCUT2D eigenvalue weighted by Crippen LogP contribution is 2.26. The third-order valence-electron chi connectivity index (χ3n) is 5.62. The average molecular weight is 516 g/mol. The van der Waals surface area contributed by atoms with E-state index in [4.69, 9.17) is 21.1 Å². The molecule has 0 atom stereocenters. The van der Waals surface area contributed by atoms with Crippen molar-refractivity contribution in [3.05, 3.63) is 107 Å². The Balaban J connectivity index is 1.38. The van der Waals surface area contributed by atoms with E-state index in [-0.39, 0.29) is 18.1 Å². The standard InChI is InChI=1S/C28H22ClN3O3S/c1-34-24-14-10-23(11-15-24)32-27(17-35-25-12-8-22(29)9-13-25)30-31-28(32)36-18-26(33)21-7-6-19-4-2-3-5-20(19)16-21/h2-16H,17-18H2,1H3. The number of halogens is 1. The first-order valence-corrected chi connectivity index (χ1v) is 12.6. The molecule has 1 aromatic heterocycles. The molecule has 0 saturated heterocycles. The van der Waals surface area contributed by atoms with E-state index >= 15 is 0 Å². The average Bonchev–Trinajstić information content (AvgIpc) is 3.33. The molecule has 0 unspecified atom stereocenters. The minimum Gasteiger partial charge on any atom is -0.497 e. The van der Waals surface area contributed by atoms with Crippen LogP contribution < -0.4 is 9.47 Å². The van der Waals surface area contributed by atoms with Gasteiger partial charge in [-0.05, 0) is 65.4 Å². The third-order valence-corrected chi connectivity index (χ3v) is 6.80. The summed E-state index contributed by atoms with van der Waals surface area (Å²) in [6.07, 6.45) is 0. The second-order valence-corrected chi connectivity index (χ2v) is 9.33. The smallest absolute Gasteiger partial charge is 0.196 e. The van der Waals surface area contributed by atoms with Crippen molar-refractivity contribution in [1.82, 2.24) is 14.8 Å². The van der Waals surface area contributed by atoms with Crippen molar-refractivity contribution in [1.29, 1.82) is 0 Å². The molecule has 0 N–H and O–H groups in total. The molecular weight excluding hydrogens is 494 g/mol. The topological polar surface area (TPSA) is 66.2 Å². The Morgan fingerprint density at radius 3 is 2.36 bits per heavy atom. The quantitative estimate of drug-likeness (QED) is 0.162. The Morgan fingerprint density at radius 1 is 0.889 bits per heavy atom. The van der Waals surface area contributed by atoms with Crippen LogP contribution in [0.2, 0.25) is 5.02 Å². The van der Waals surface area contributed by atoms with Gasteiger partial charge in [0.05, 0.1) is 12.9 Å². The van der Waals surface area contributed by atoms with Gasteiger partial charge in [0, 0.05) is 16.3 Å². The lowest BCUT2D eigenvalue weighted by atomic mass is 10.1. The number of ether oxygens (including phenoxy) is 2. The zero-order valence-corrected chi connectivity index (χ0v) is 21.0. The van der Waals surface area contributed by atoms with Crippen LogP contribution in [0.4, 0.5) is 0 Å². The zero-order valence-electron chi connectivity index (χ0n) is 19.4. The number of ketones is 1. The van der Waals surface area contributed by atoms with Gasteiger partial charge in [-0.25, -0.2) is 0 Å². The van der Waals surface area contributed by atoms with Crippen molar-refractivity contribution in [2.24, 2.45) is 0 Å². The van der Waals surface area contributed by atoms with Crippen molar-refractivity contribution < 1.29 is 14.3 Å². The van der Waals surface area contributed by atoms with Crippen molar-refractivity contribution in [2.45, 2.75) is 11.8 Å². The predicted molar refractivity (Wildman–Crippen MR) is 143 cm³/mol. The number of fused-ring (bicyclic) bond motifs is 1. The molecular formula is C28H22ClN3O3S. The summed E-state index contributed by atoms with van der Waals surface area (Å²) >= 11 is 7.31. The fourth-order valence-electron chi connectivity index (χ4n) is 3.73. The highest BCUT2D eigenvalue weighted by atomic mass is 35.5. The highest BCUT2D eigenvalue weighted by Gasteiger charge is 2.17.